The van der Waals surface area contributed by atoms with Crippen molar-refractivity contribution in [2.75, 3.05) is 0 Å². The fraction of sp³-hybridized carbons (Fsp3) is 0.333. The highest BCUT2D eigenvalue weighted by Crippen LogP contribution is 2.33. The van der Waals surface area contributed by atoms with Crippen molar-refractivity contribution < 1.29 is 9.50 Å². The molecule has 1 N–H and O–H groups in total. The minimum absolute atomic E-state index is 0.208. The van der Waals surface area contributed by atoms with Crippen LogP contribution in [0.1, 0.15) is 18.4 Å². The second-order valence-corrected chi connectivity index (χ2v) is 6.32. The summed E-state index contributed by atoms with van der Waals surface area (Å²) < 4.78 is 15.3. The van der Waals surface area contributed by atoms with Gasteiger partial charge in [-0.15, -0.1) is 0 Å². The Kier molecular flexibility index (Phi) is 3.38. The molecule has 0 radical (unpaired) electrons. The number of aliphatic hydroxyl groups excluding tert-OH is 1. The van der Waals surface area contributed by atoms with E-state index in [2.05, 4.69) is 10.1 Å². The summed E-state index contributed by atoms with van der Waals surface area (Å²) in [6.45, 7) is 2.24. The number of aromatic nitrogens is 3. The first-order valence-electron chi connectivity index (χ1n) is 7.88. The Morgan fingerprint density at radius 1 is 1.26 bits per heavy atom. The average Bonchev–Trinajstić information content (AvgIpc) is 3.33. The maximum absolute atomic E-state index is 13.4. The maximum atomic E-state index is 13.4. The van der Waals surface area contributed by atoms with Crippen molar-refractivity contribution >= 4 is 11.0 Å². The predicted molar refractivity (Wildman–Crippen MR) is 86.4 cm³/mol. The van der Waals surface area contributed by atoms with Gasteiger partial charge in [0, 0.05) is 11.8 Å². The van der Waals surface area contributed by atoms with Crippen LogP contribution < -0.4 is 0 Å². The minimum Gasteiger partial charge on any atom is -0.391 e. The van der Waals surface area contributed by atoms with Crippen LogP contribution in [0.3, 0.4) is 0 Å². The summed E-state index contributed by atoms with van der Waals surface area (Å²) in [6, 6.07) is 7.05. The van der Waals surface area contributed by atoms with Crippen LogP contribution in [0.25, 0.3) is 22.2 Å². The number of halogens is 1. The Labute approximate surface area is 133 Å². The van der Waals surface area contributed by atoms with E-state index < -0.39 is 0 Å². The highest BCUT2D eigenvalue weighted by atomic mass is 19.1. The van der Waals surface area contributed by atoms with Gasteiger partial charge in [-0.1, -0.05) is 6.07 Å². The van der Waals surface area contributed by atoms with Gasteiger partial charge >= 0.3 is 0 Å². The van der Waals surface area contributed by atoms with Crippen LogP contribution in [0.15, 0.2) is 36.7 Å². The summed E-state index contributed by atoms with van der Waals surface area (Å²) in [5.41, 5.74) is 4.15. The fourth-order valence-corrected chi connectivity index (χ4v) is 2.89. The lowest BCUT2D eigenvalue weighted by molar-refractivity contribution is 0.128. The molecule has 1 aliphatic rings. The first-order valence-corrected chi connectivity index (χ1v) is 7.88. The van der Waals surface area contributed by atoms with Gasteiger partial charge in [0.1, 0.15) is 11.3 Å². The van der Waals surface area contributed by atoms with Crippen molar-refractivity contribution in [3.63, 3.8) is 0 Å². The summed E-state index contributed by atoms with van der Waals surface area (Å²) in [6.07, 6.45) is 5.33. The van der Waals surface area contributed by atoms with Crippen LogP contribution in [0.5, 0.6) is 0 Å². The molecular formula is C18H18FN3O. The lowest BCUT2D eigenvalue weighted by atomic mass is 10.0. The number of aryl methyl sites for hydroxylation is 1. The number of hydrogen-bond donors (Lipinski definition) is 1. The topological polar surface area (TPSA) is 50.9 Å². The van der Waals surface area contributed by atoms with Crippen LogP contribution in [0.2, 0.25) is 0 Å². The van der Waals surface area contributed by atoms with E-state index in [1.165, 1.54) is 6.07 Å². The van der Waals surface area contributed by atoms with Gasteiger partial charge in [-0.3, -0.25) is 9.67 Å². The highest BCUT2D eigenvalue weighted by molar-refractivity contribution is 5.80. The lowest BCUT2D eigenvalue weighted by Gasteiger charge is -2.10. The predicted octanol–water partition coefficient (Wildman–Crippen LogP) is 3.32. The Hall–Kier alpha value is -2.27. The minimum atomic E-state index is -0.352. The molecule has 4 rings (SSSR count). The fourth-order valence-electron chi connectivity index (χ4n) is 2.89. The van der Waals surface area contributed by atoms with Crippen LogP contribution in [-0.4, -0.2) is 26.0 Å². The van der Waals surface area contributed by atoms with Gasteiger partial charge in [0.2, 0.25) is 0 Å². The van der Waals surface area contributed by atoms with Gasteiger partial charge in [-0.05, 0) is 55.0 Å². The lowest BCUT2D eigenvalue weighted by Crippen LogP contribution is -2.18. The number of pyridine rings is 1. The Morgan fingerprint density at radius 2 is 2.09 bits per heavy atom. The third kappa shape index (κ3) is 2.72. The smallest absolute Gasteiger partial charge is 0.126 e. The molecule has 0 aliphatic heterocycles. The van der Waals surface area contributed by atoms with Crippen molar-refractivity contribution in [3.8, 4) is 11.1 Å². The van der Waals surface area contributed by atoms with Crippen LogP contribution in [-0.2, 0) is 6.54 Å². The number of benzene rings is 1. The first-order chi connectivity index (χ1) is 11.1. The monoisotopic (exact) mass is 311 g/mol. The number of aliphatic hydroxyl groups is 1. The normalized spacial score (nSPS) is 16.0. The Balaban J connectivity index is 1.72. The zero-order valence-corrected chi connectivity index (χ0v) is 12.9. The molecule has 1 fully saturated rings. The standard InChI is InChI=1S/C18H18FN3O/c1-11-6-13(4-5-15(11)19)14-7-17-16(20-8-14)9-21-22(17)10-18(23)12-2-3-12/h4-9,12,18,23H,2-3,10H2,1H3. The summed E-state index contributed by atoms with van der Waals surface area (Å²) in [4.78, 5) is 4.44. The second-order valence-electron chi connectivity index (χ2n) is 6.32. The van der Waals surface area contributed by atoms with Crippen molar-refractivity contribution in [1.82, 2.24) is 14.8 Å². The molecule has 23 heavy (non-hydrogen) atoms. The molecule has 1 saturated carbocycles. The van der Waals surface area contributed by atoms with E-state index in [0.29, 0.717) is 18.0 Å². The van der Waals surface area contributed by atoms with Crippen LogP contribution >= 0.6 is 0 Å². The third-order valence-corrected chi connectivity index (χ3v) is 4.51. The van der Waals surface area contributed by atoms with Gasteiger partial charge in [0.15, 0.2) is 0 Å². The Bertz CT molecular complexity index is 870. The molecule has 0 amide bonds. The molecule has 0 spiro atoms. The molecule has 2 heterocycles. The molecule has 3 aromatic rings. The number of hydrogen-bond acceptors (Lipinski definition) is 3. The summed E-state index contributed by atoms with van der Waals surface area (Å²) in [5.74, 6) is 0.200. The van der Waals surface area contributed by atoms with Gasteiger partial charge in [0.05, 0.1) is 24.4 Å². The molecule has 0 saturated heterocycles. The van der Waals surface area contributed by atoms with E-state index in [-0.39, 0.29) is 11.9 Å². The van der Waals surface area contributed by atoms with Crippen LogP contribution in [0, 0.1) is 18.7 Å². The molecular weight excluding hydrogens is 293 g/mol. The zero-order valence-electron chi connectivity index (χ0n) is 12.9. The van der Waals surface area contributed by atoms with E-state index in [1.807, 2.05) is 16.8 Å². The van der Waals surface area contributed by atoms with E-state index in [4.69, 9.17) is 0 Å². The maximum Gasteiger partial charge on any atom is 0.126 e. The zero-order chi connectivity index (χ0) is 16.0. The van der Waals surface area contributed by atoms with E-state index in [0.717, 1.165) is 35.0 Å². The van der Waals surface area contributed by atoms with Gasteiger partial charge < -0.3 is 5.11 Å². The molecule has 2 aromatic heterocycles. The number of nitrogens with zero attached hydrogens (tertiary/aromatic N) is 3. The quantitative estimate of drug-likeness (QED) is 0.804. The number of fused-ring (bicyclic) bond motifs is 1. The van der Waals surface area contributed by atoms with E-state index >= 15 is 0 Å². The summed E-state index contributed by atoms with van der Waals surface area (Å²) in [5, 5.41) is 14.5. The van der Waals surface area contributed by atoms with Crippen molar-refractivity contribution in [2.24, 2.45) is 5.92 Å². The average molecular weight is 311 g/mol. The molecule has 1 aromatic carbocycles. The molecule has 1 atom stereocenters. The van der Waals surface area contributed by atoms with Crippen molar-refractivity contribution in [3.05, 3.63) is 48.0 Å². The van der Waals surface area contributed by atoms with Gasteiger partial charge in [-0.2, -0.15) is 5.10 Å². The number of rotatable bonds is 4. The third-order valence-electron chi connectivity index (χ3n) is 4.51. The van der Waals surface area contributed by atoms with E-state index in [1.54, 1.807) is 25.4 Å². The SMILES string of the molecule is Cc1cc(-c2cnc3cnn(CC(O)C4CC4)c3c2)ccc1F. The van der Waals surface area contributed by atoms with Crippen LogP contribution in [0.4, 0.5) is 4.39 Å². The second kappa shape index (κ2) is 5.42. The van der Waals surface area contributed by atoms with Crippen molar-refractivity contribution in [2.45, 2.75) is 32.4 Å². The molecule has 1 aliphatic carbocycles. The molecule has 0 bridgehead atoms. The molecule has 1 unspecified atom stereocenters. The Morgan fingerprint density at radius 3 is 2.83 bits per heavy atom. The largest absolute Gasteiger partial charge is 0.391 e. The van der Waals surface area contributed by atoms with Gasteiger partial charge in [0.25, 0.3) is 0 Å². The van der Waals surface area contributed by atoms with E-state index in [9.17, 15) is 9.50 Å². The summed E-state index contributed by atoms with van der Waals surface area (Å²) in [7, 11) is 0. The first kappa shape index (κ1) is 14.3. The molecule has 118 valence electrons. The van der Waals surface area contributed by atoms with Gasteiger partial charge in [-0.25, -0.2) is 4.39 Å². The summed E-state index contributed by atoms with van der Waals surface area (Å²) >= 11 is 0. The highest BCUT2D eigenvalue weighted by Gasteiger charge is 2.30. The van der Waals surface area contributed by atoms with Crippen molar-refractivity contribution in [1.29, 1.82) is 0 Å². The molecule has 4 nitrogen and oxygen atoms in total. The molecule has 5 heteroatoms.